The van der Waals surface area contributed by atoms with Crippen molar-refractivity contribution in [3.05, 3.63) is 36.9 Å². The van der Waals surface area contributed by atoms with E-state index in [-0.39, 0.29) is 18.3 Å². The Labute approximate surface area is 140 Å². The molecule has 0 radical (unpaired) electrons. The SMILES string of the molecule is CN(Cc1cc(Br)cs1)C(=O)c1csc(CCN)n1.Cl. The normalized spacial score (nSPS) is 10.2. The largest absolute Gasteiger partial charge is 0.335 e. The molecule has 0 bridgehead atoms. The molecule has 2 aromatic rings. The van der Waals surface area contributed by atoms with Gasteiger partial charge in [0.1, 0.15) is 5.69 Å². The molecule has 2 heterocycles. The molecule has 20 heavy (non-hydrogen) atoms. The van der Waals surface area contributed by atoms with Gasteiger partial charge in [0.25, 0.3) is 5.91 Å². The second kappa shape index (κ2) is 8.09. The second-order valence-electron chi connectivity index (χ2n) is 4.06. The van der Waals surface area contributed by atoms with Crippen LogP contribution < -0.4 is 5.73 Å². The van der Waals surface area contributed by atoms with E-state index in [1.807, 2.05) is 11.4 Å². The lowest BCUT2D eigenvalue weighted by Crippen LogP contribution is -2.26. The van der Waals surface area contributed by atoms with E-state index in [9.17, 15) is 4.79 Å². The molecule has 0 saturated heterocycles. The molecule has 0 saturated carbocycles. The van der Waals surface area contributed by atoms with Gasteiger partial charge in [0.15, 0.2) is 0 Å². The van der Waals surface area contributed by atoms with E-state index in [0.29, 0.717) is 18.8 Å². The molecule has 2 rings (SSSR count). The number of nitrogens with zero attached hydrogens (tertiary/aromatic N) is 2. The molecule has 4 nitrogen and oxygen atoms in total. The van der Waals surface area contributed by atoms with Crippen molar-refractivity contribution in [2.45, 2.75) is 13.0 Å². The molecule has 2 N–H and O–H groups in total. The predicted octanol–water partition coefficient (Wildman–Crippen LogP) is 3.16. The highest BCUT2D eigenvalue weighted by atomic mass is 79.9. The molecular weight excluding hydrogens is 382 g/mol. The first-order chi connectivity index (χ1) is 9.10. The highest BCUT2D eigenvalue weighted by Crippen LogP contribution is 2.21. The lowest BCUT2D eigenvalue weighted by atomic mass is 10.3. The van der Waals surface area contributed by atoms with Crippen LogP contribution in [0.5, 0.6) is 0 Å². The van der Waals surface area contributed by atoms with Crippen molar-refractivity contribution < 1.29 is 4.79 Å². The van der Waals surface area contributed by atoms with Crippen molar-refractivity contribution in [2.75, 3.05) is 13.6 Å². The van der Waals surface area contributed by atoms with Gasteiger partial charge < -0.3 is 10.6 Å². The molecule has 0 aliphatic rings. The minimum Gasteiger partial charge on any atom is -0.335 e. The zero-order valence-corrected chi connectivity index (χ0v) is 14.9. The Hall–Kier alpha value is -0.470. The van der Waals surface area contributed by atoms with Gasteiger partial charge in [-0.2, -0.15) is 0 Å². The monoisotopic (exact) mass is 395 g/mol. The number of thiazole rings is 1. The van der Waals surface area contributed by atoms with Gasteiger partial charge >= 0.3 is 0 Å². The summed E-state index contributed by atoms with van der Waals surface area (Å²) in [7, 11) is 1.79. The summed E-state index contributed by atoms with van der Waals surface area (Å²) in [5.74, 6) is -0.0518. The average molecular weight is 397 g/mol. The van der Waals surface area contributed by atoms with E-state index < -0.39 is 0 Å². The first-order valence-corrected chi connectivity index (χ1v) is 8.28. The fourth-order valence-corrected chi connectivity index (χ4v) is 3.88. The number of aromatic nitrogens is 1. The summed E-state index contributed by atoms with van der Waals surface area (Å²) in [6.07, 6.45) is 0.722. The number of thiophene rings is 1. The summed E-state index contributed by atoms with van der Waals surface area (Å²) < 4.78 is 1.05. The van der Waals surface area contributed by atoms with Gasteiger partial charge in [0, 0.05) is 33.6 Å². The zero-order valence-electron chi connectivity index (χ0n) is 10.8. The Kier molecular flexibility index (Phi) is 7.11. The van der Waals surface area contributed by atoms with E-state index in [4.69, 9.17) is 5.73 Å². The van der Waals surface area contributed by atoms with E-state index in [1.54, 1.807) is 28.7 Å². The maximum Gasteiger partial charge on any atom is 0.273 e. The fraction of sp³-hybridized carbons (Fsp3) is 0.333. The molecule has 0 fully saturated rings. The minimum atomic E-state index is -0.0518. The summed E-state index contributed by atoms with van der Waals surface area (Å²) in [5.41, 5.74) is 5.98. The Morgan fingerprint density at radius 3 is 2.80 bits per heavy atom. The van der Waals surface area contributed by atoms with Crippen LogP contribution in [0.3, 0.4) is 0 Å². The number of hydrogen-bond acceptors (Lipinski definition) is 5. The molecule has 110 valence electrons. The first kappa shape index (κ1) is 17.6. The lowest BCUT2D eigenvalue weighted by molar-refractivity contribution is 0.0781. The van der Waals surface area contributed by atoms with Crippen molar-refractivity contribution in [1.29, 1.82) is 0 Å². The lowest BCUT2D eigenvalue weighted by Gasteiger charge is -2.14. The number of nitrogens with two attached hydrogens (primary N) is 1. The Morgan fingerprint density at radius 2 is 2.20 bits per heavy atom. The maximum absolute atomic E-state index is 12.2. The molecule has 2 aromatic heterocycles. The first-order valence-electron chi connectivity index (χ1n) is 5.73. The van der Waals surface area contributed by atoms with E-state index in [0.717, 1.165) is 20.8 Å². The number of carbonyl (C=O) groups excluding carboxylic acids is 1. The molecule has 0 atom stereocenters. The number of amides is 1. The number of halogens is 2. The van der Waals surface area contributed by atoms with Crippen LogP contribution in [0.4, 0.5) is 0 Å². The Morgan fingerprint density at radius 1 is 1.45 bits per heavy atom. The van der Waals surface area contributed by atoms with Crippen molar-refractivity contribution >= 4 is 56.9 Å². The predicted molar refractivity (Wildman–Crippen MR) is 89.9 cm³/mol. The molecule has 0 aliphatic carbocycles. The van der Waals surface area contributed by atoms with Crippen molar-refractivity contribution in [3.63, 3.8) is 0 Å². The zero-order chi connectivity index (χ0) is 13.8. The quantitative estimate of drug-likeness (QED) is 0.844. The summed E-state index contributed by atoms with van der Waals surface area (Å²) >= 11 is 6.52. The van der Waals surface area contributed by atoms with Crippen molar-refractivity contribution in [2.24, 2.45) is 5.73 Å². The summed E-state index contributed by atoms with van der Waals surface area (Å²) in [6, 6.07) is 2.02. The van der Waals surface area contributed by atoms with Crippen LogP contribution in [0, 0.1) is 0 Å². The second-order valence-corrected chi connectivity index (χ2v) is 6.91. The van der Waals surface area contributed by atoms with Crippen molar-refractivity contribution in [1.82, 2.24) is 9.88 Å². The van der Waals surface area contributed by atoms with Crippen LogP contribution in [0.1, 0.15) is 20.4 Å². The number of rotatable bonds is 5. The van der Waals surface area contributed by atoms with E-state index >= 15 is 0 Å². The van der Waals surface area contributed by atoms with Gasteiger partial charge in [-0.1, -0.05) is 0 Å². The fourth-order valence-electron chi connectivity index (χ4n) is 1.59. The van der Waals surface area contributed by atoms with Crippen LogP contribution in [0.25, 0.3) is 0 Å². The Balaban J connectivity index is 0.00000200. The summed E-state index contributed by atoms with van der Waals surface area (Å²) in [6.45, 7) is 1.15. The van der Waals surface area contributed by atoms with Gasteiger partial charge in [-0.05, 0) is 28.5 Å². The molecule has 8 heteroatoms. The smallest absolute Gasteiger partial charge is 0.273 e. The maximum atomic E-state index is 12.2. The Bertz CT molecular complexity index is 573. The van der Waals surface area contributed by atoms with Gasteiger partial charge in [0.05, 0.1) is 11.6 Å². The molecule has 0 unspecified atom stereocenters. The standard InChI is InChI=1S/C12H14BrN3OS2.ClH/c1-16(5-9-4-8(13)6-18-9)12(17)10-7-19-11(15-10)2-3-14;/h4,6-7H,2-3,5,14H2,1H3;1H. The van der Waals surface area contributed by atoms with Crippen LogP contribution in [-0.2, 0) is 13.0 Å². The number of carbonyl (C=O) groups is 1. The topological polar surface area (TPSA) is 59.2 Å². The van der Waals surface area contributed by atoms with E-state index in [2.05, 4.69) is 20.9 Å². The highest BCUT2D eigenvalue weighted by Gasteiger charge is 2.16. The van der Waals surface area contributed by atoms with Crippen molar-refractivity contribution in [3.8, 4) is 0 Å². The van der Waals surface area contributed by atoms with Crippen LogP contribution >= 0.6 is 51.0 Å². The molecule has 0 spiro atoms. The van der Waals surface area contributed by atoms with Gasteiger partial charge in [0.2, 0.25) is 0 Å². The van der Waals surface area contributed by atoms with Gasteiger partial charge in [-0.25, -0.2) is 4.98 Å². The summed E-state index contributed by atoms with van der Waals surface area (Å²) in [5, 5.41) is 4.72. The van der Waals surface area contributed by atoms with Gasteiger partial charge in [-0.15, -0.1) is 35.1 Å². The average Bonchev–Trinajstić information content (AvgIpc) is 2.98. The third-order valence-electron chi connectivity index (χ3n) is 2.49. The summed E-state index contributed by atoms with van der Waals surface area (Å²) in [4.78, 5) is 19.3. The van der Waals surface area contributed by atoms with Crippen LogP contribution in [0.2, 0.25) is 0 Å². The van der Waals surface area contributed by atoms with Gasteiger partial charge in [-0.3, -0.25) is 4.79 Å². The highest BCUT2D eigenvalue weighted by molar-refractivity contribution is 9.10. The third-order valence-corrected chi connectivity index (χ3v) is 5.08. The molecule has 1 amide bonds. The van der Waals surface area contributed by atoms with E-state index in [1.165, 1.54) is 11.3 Å². The molecule has 0 aliphatic heterocycles. The minimum absolute atomic E-state index is 0. The van der Waals surface area contributed by atoms with Crippen LogP contribution in [-0.4, -0.2) is 29.4 Å². The molecular formula is C12H15BrClN3OS2. The third kappa shape index (κ3) is 4.53. The molecule has 0 aromatic carbocycles. The van der Waals surface area contributed by atoms with Crippen LogP contribution in [0.15, 0.2) is 21.3 Å². The number of hydrogen-bond donors (Lipinski definition) is 1.